The van der Waals surface area contributed by atoms with Crippen LogP contribution in [0.1, 0.15) is 0 Å². The average molecular weight is 198 g/mol. The molecule has 0 amide bonds. The minimum absolute atomic E-state index is 0.251. The Labute approximate surface area is 84.7 Å². The maximum atomic E-state index is 8.91. The van der Waals surface area contributed by atoms with Gasteiger partial charge in [0.25, 0.3) is 0 Å². The van der Waals surface area contributed by atoms with E-state index < -0.39 is 0 Å². The van der Waals surface area contributed by atoms with Crippen molar-refractivity contribution in [3.63, 3.8) is 0 Å². The highest BCUT2D eigenvalue weighted by molar-refractivity contribution is 5.93. The van der Waals surface area contributed by atoms with Gasteiger partial charge in [0, 0.05) is 5.39 Å². The summed E-state index contributed by atoms with van der Waals surface area (Å²) >= 11 is 0. The molecule has 1 N–H and O–H groups in total. The van der Waals surface area contributed by atoms with Crippen molar-refractivity contribution in [1.29, 1.82) is 0 Å². The molecule has 2 heterocycles. The monoisotopic (exact) mass is 198 g/mol. The number of fused-ring (bicyclic) bond motifs is 3. The predicted molar refractivity (Wildman–Crippen MR) is 54.0 cm³/mol. The molecular weight excluding hydrogens is 192 g/mol. The first-order chi connectivity index (χ1) is 7.40. The van der Waals surface area contributed by atoms with E-state index >= 15 is 0 Å². The summed E-state index contributed by atoms with van der Waals surface area (Å²) in [6, 6.07) is 7.60. The lowest BCUT2D eigenvalue weighted by Crippen LogP contribution is -2.05. The molecular formula is C9H6N6. The lowest BCUT2D eigenvalue weighted by Gasteiger charge is -2.03. The number of anilines is 1. The molecule has 0 saturated carbocycles. The first-order valence-corrected chi connectivity index (χ1v) is 4.39. The highest BCUT2D eigenvalue weighted by Gasteiger charge is 2.07. The molecule has 6 heteroatoms. The summed E-state index contributed by atoms with van der Waals surface area (Å²) in [5, 5.41) is 8.55. The zero-order chi connectivity index (χ0) is 10.3. The molecule has 2 radical (unpaired) electrons. The van der Waals surface area contributed by atoms with Gasteiger partial charge in [-0.25, -0.2) is 4.98 Å². The maximum absolute atomic E-state index is 8.91. The van der Waals surface area contributed by atoms with Gasteiger partial charge in [-0.05, 0) is 11.9 Å². The second-order valence-corrected chi connectivity index (χ2v) is 3.10. The lowest BCUT2D eigenvalue weighted by molar-refractivity contribution is 0.840. The molecule has 72 valence electrons. The summed E-state index contributed by atoms with van der Waals surface area (Å²) < 4.78 is 1.45. The van der Waals surface area contributed by atoms with Crippen molar-refractivity contribution in [1.82, 2.24) is 25.7 Å². The Morgan fingerprint density at radius 2 is 2.13 bits per heavy atom. The number of para-hydroxylation sites is 1. The number of benzene rings is 1. The van der Waals surface area contributed by atoms with Gasteiger partial charge in [0.2, 0.25) is 5.95 Å². The van der Waals surface area contributed by atoms with Gasteiger partial charge in [0.1, 0.15) is 0 Å². The predicted octanol–water partition coefficient (Wildman–Crippen LogP) is 0.673. The van der Waals surface area contributed by atoms with Gasteiger partial charge in [-0.2, -0.15) is 4.52 Å². The molecule has 2 aromatic heterocycles. The fourth-order valence-electron chi connectivity index (χ4n) is 1.60. The fraction of sp³-hybridized carbons (Fsp3) is 0. The minimum Gasteiger partial charge on any atom is -0.253 e. The topological polar surface area (TPSA) is 77.4 Å². The average Bonchev–Trinajstić information content (AvgIpc) is 2.77. The fourth-order valence-corrected chi connectivity index (χ4v) is 1.60. The van der Waals surface area contributed by atoms with Crippen molar-refractivity contribution in [2.75, 3.05) is 5.43 Å². The molecule has 0 unspecified atom stereocenters. The van der Waals surface area contributed by atoms with Crippen LogP contribution in [0.2, 0.25) is 0 Å². The molecule has 0 bridgehead atoms. The van der Waals surface area contributed by atoms with E-state index in [-0.39, 0.29) is 5.95 Å². The lowest BCUT2D eigenvalue weighted by atomic mass is 10.2. The van der Waals surface area contributed by atoms with Crippen LogP contribution in [0.25, 0.3) is 16.4 Å². The van der Waals surface area contributed by atoms with E-state index in [9.17, 15) is 0 Å². The van der Waals surface area contributed by atoms with Gasteiger partial charge in [0.15, 0.2) is 0 Å². The standard InChI is InChI=1S/C9H6N6/c10-13-9-12-7-4-2-1-3-6(7)8-5-11-14-15(8)9/h1-5H,(H,12,13). The van der Waals surface area contributed by atoms with Gasteiger partial charge in [-0.15, -0.1) is 5.10 Å². The Hall–Kier alpha value is -2.21. The van der Waals surface area contributed by atoms with Gasteiger partial charge in [-0.1, -0.05) is 23.4 Å². The van der Waals surface area contributed by atoms with E-state index in [0.29, 0.717) is 0 Å². The molecule has 3 rings (SSSR count). The van der Waals surface area contributed by atoms with E-state index in [1.54, 1.807) is 6.20 Å². The highest BCUT2D eigenvalue weighted by Crippen LogP contribution is 2.19. The molecule has 0 spiro atoms. The number of nitrogens with one attached hydrogen (secondary N) is 1. The smallest absolute Gasteiger partial charge is 0.243 e. The number of hydrogen-bond donors (Lipinski definition) is 1. The molecule has 0 aliphatic rings. The Balaban J connectivity index is 2.57. The molecule has 0 fully saturated rings. The Morgan fingerprint density at radius 3 is 3.00 bits per heavy atom. The third kappa shape index (κ3) is 1.05. The summed E-state index contributed by atoms with van der Waals surface area (Å²) in [6.45, 7) is 0. The second-order valence-electron chi connectivity index (χ2n) is 3.10. The van der Waals surface area contributed by atoms with Crippen LogP contribution in [-0.2, 0) is 0 Å². The summed E-state index contributed by atoms with van der Waals surface area (Å²) in [5.41, 5.74) is 3.58. The SMILES string of the molecule is [N]Nc1nc2ccccc2c2cnnn12. The molecule has 0 saturated heterocycles. The van der Waals surface area contributed by atoms with Crippen LogP contribution in [0.5, 0.6) is 0 Å². The van der Waals surface area contributed by atoms with Crippen LogP contribution in [0.4, 0.5) is 5.95 Å². The maximum Gasteiger partial charge on any atom is 0.243 e. The van der Waals surface area contributed by atoms with Crippen LogP contribution in [0, 0.1) is 0 Å². The Kier molecular flexibility index (Phi) is 1.57. The van der Waals surface area contributed by atoms with Gasteiger partial charge in [0.05, 0.1) is 17.2 Å². The van der Waals surface area contributed by atoms with E-state index in [1.165, 1.54) is 4.52 Å². The third-order valence-corrected chi connectivity index (χ3v) is 2.26. The summed E-state index contributed by atoms with van der Waals surface area (Å²) in [6.07, 6.45) is 1.63. The van der Waals surface area contributed by atoms with Crippen LogP contribution in [-0.4, -0.2) is 19.8 Å². The van der Waals surface area contributed by atoms with Crippen LogP contribution >= 0.6 is 0 Å². The first kappa shape index (κ1) is 8.13. The van der Waals surface area contributed by atoms with Crippen molar-refractivity contribution in [3.05, 3.63) is 30.5 Å². The summed E-state index contributed by atoms with van der Waals surface area (Å²) in [4.78, 5) is 4.19. The molecule has 3 aromatic rings. The largest absolute Gasteiger partial charge is 0.253 e. The number of hydrogen-bond acceptors (Lipinski definition) is 4. The molecule has 0 atom stereocenters. The van der Waals surface area contributed by atoms with Crippen molar-refractivity contribution in [2.24, 2.45) is 0 Å². The zero-order valence-corrected chi connectivity index (χ0v) is 7.62. The molecule has 6 nitrogen and oxygen atoms in total. The summed E-state index contributed by atoms with van der Waals surface area (Å²) in [7, 11) is 0. The second kappa shape index (κ2) is 2.89. The van der Waals surface area contributed by atoms with Crippen molar-refractivity contribution in [2.45, 2.75) is 0 Å². The van der Waals surface area contributed by atoms with Gasteiger partial charge >= 0.3 is 0 Å². The molecule has 1 aromatic carbocycles. The van der Waals surface area contributed by atoms with Crippen LogP contribution < -0.4 is 11.3 Å². The van der Waals surface area contributed by atoms with Crippen molar-refractivity contribution >= 4 is 22.4 Å². The zero-order valence-electron chi connectivity index (χ0n) is 7.62. The van der Waals surface area contributed by atoms with E-state index in [0.717, 1.165) is 16.4 Å². The molecule has 0 aliphatic carbocycles. The van der Waals surface area contributed by atoms with E-state index in [1.807, 2.05) is 29.7 Å². The van der Waals surface area contributed by atoms with E-state index in [2.05, 4.69) is 15.3 Å². The summed E-state index contributed by atoms with van der Waals surface area (Å²) in [5.74, 6) is 9.16. The Bertz CT molecular complexity index is 629. The number of rotatable bonds is 1. The Morgan fingerprint density at radius 1 is 1.27 bits per heavy atom. The normalized spacial score (nSPS) is 11.0. The van der Waals surface area contributed by atoms with Crippen LogP contribution in [0.3, 0.4) is 0 Å². The van der Waals surface area contributed by atoms with Crippen molar-refractivity contribution < 1.29 is 0 Å². The molecule has 15 heavy (non-hydrogen) atoms. The van der Waals surface area contributed by atoms with Gasteiger partial charge < -0.3 is 0 Å². The quantitative estimate of drug-likeness (QED) is 0.583. The van der Waals surface area contributed by atoms with Crippen LogP contribution in [0.15, 0.2) is 30.5 Å². The highest BCUT2D eigenvalue weighted by atomic mass is 15.5. The molecule has 0 aliphatic heterocycles. The van der Waals surface area contributed by atoms with Crippen molar-refractivity contribution in [3.8, 4) is 0 Å². The number of aromatic nitrogens is 4. The first-order valence-electron chi connectivity index (χ1n) is 4.39. The third-order valence-electron chi connectivity index (χ3n) is 2.26. The minimum atomic E-state index is 0.251. The van der Waals surface area contributed by atoms with Gasteiger partial charge in [-0.3, -0.25) is 5.43 Å². The van der Waals surface area contributed by atoms with E-state index in [4.69, 9.17) is 5.84 Å². The number of nitrogens with zero attached hydrogens (tertiary/aromatic N) is 5.